The summed E-state index contributed by atoms with van der Waals surface area (Å²) in [6, 6.07) is 3.86. The smallest absolute Gasteiger partial charge is 0.192 e. The van der Waals surface area contributed by atoms with E-state index in [0.29, 0.717) is 6.10 Å². The van der Waals surface area contributed by atoms with E-state index in [-0.39, 0.29) is 0 Å². The van der Waals surface area contributed by atoms with E-state index >= 15 is 0 Å². The second kappa shape index (κ2) is 6.20. The lowest BCUT2D eigenvalue weighted by atomic mass is 9.81. The molecule has 0 aromatic heterocycles. The molecule has 0 heterocycles. The topological polar surface area (TPSA) is 9.23 Å². The summed E-state index contributed by atoms with van der Waals surface area (Å²) in [6.45, 7) is 11.8. The van der Waals surface area contributed by atoms with Crippen LogP contribution in [0.1, 0.15) is 53.9 Å². The molecule has 16 heavy (non-hydrogen) atoms. The maximum atomic E-state index is 6.69. The molecule has 0 aromatic carbocycles. The zero-order chi connectivity index (χ0) is 12.2. The lowest BCUT2D eigenvalue weighted by Crippen LogP contribution is -2.45. The molecule has 0 saturated heterocycles. The van der Waals surface area contributed by atoms with Crippen LogP contribution in [0.4, 0.5) is 0 Å². The van der Waals surface area contributed by atoms with E-state index in [1.807, 2.05) is 0 Å². The molecule has 2 heteroatoms. The van der Waals surface area contributed by atoms with Gasteiger partial charge in [0.25, 0.3) is 0 Å². The second-order valence-electron chi connectivity index (χ2n) is 5.71. The van der Waals surface area contributed by atoms with Gasteiger partial charge in [-0.2, -0.15) is 0 Å². The Balaban J connectivity index is 2.68. The van der Waals surface area contributed by atoms with Gasteiger partial charge in [0.15, 0.2) is 8.32 Å². The average Bonchev–Trinajstić information content (AvgIpc) is 2.30. The lowest BCUT2D eigenvalue weighted by Gasteiger charge is -2.41. The molecule has 96 valence electrons. The van der Waals surface area contributed by atoms with E-state index in [9.17, 15) is 0 Å². The quantitative estimate of drug-likeness (QED) is 0.627. The van der Waals surface area contributed by atoms with Crippen molar-refractivity contribution in [2.24, 2.45) is 11.8 Å². The molecule has 0 bridgehead atoms. The van der Waals surface area contributed by atoms with Crippen LogP contribution in [0.3, 0.4) is 0 Å². The van der Waals surface area contributed by atoms with E-state index in [2.05, 4.69) is 34.6 Å². The summed E-state index contributed by atoms with van der Waals surface area (Å²) in [5.74, 6) is 1.56. The summed E-state index contributed by atoms with van der Waals surface area (Å²) in [6.07, 6.45) is 4.70. The molecule has 0 radical (unpaired) electrons. The highest BCUT2D eigenvalue weighted by molar-refractivity contribution is 6.73. The Morgan fingerprint density at radius 1 is 0.938 bits per heavy atom. The van der Waals surface area contributed by atoms with E-state index in [1.54, 1.807) is 0 Å². The zero-order valence-electron chi connectivity index (χ0n) is 11.9. The van der Waals surface area contributed by atoms with Crippen molar-refractivity contribution in [2.75, 3.05) is 0 Å². The van der Waals surface area contributed by atoms with Gasteiger partial charge in [0.05, 0.1) is 6.10 Å². The first-order chi connectivity index (χ1) is 7.58. The minimum Gasteiger partial charge on any atom is -0.413 e. The first-order valence-corrected chi connectivity index (χ1v) is 9.79. The molecule has 1 fully saturated rings. The van der Waals surface area contributed by atoms with Gasteiger partial charge in [-0.1, -0.05) is 41.0 Å². The van der Waals surface area contributed by atoms with Gasteiger partial charge in [-0.3, -0.25) is 0 Å². The van der Waals surface area contributed by atoms with Gasteiger partial charge in [0.1, 0.15) is 0 Å². The van der Waals surface area contributed by atoms with E-state index in [4.69, 9.17) is 4.43 Å². The highest BCUT2D eigenvalue weighted by atomic mass is 28.4. The Bertz CT molecular complexity index is 183. The van der Waals surface area contributed by atoms with Crippen LogP contribution in [0, 0.1) is 11.8 Å². The molecule has 2 atom stereocenters. The Labute approximate surface area is 103 Å². The molecule has 1 saturated carbocycles. The summed E-state index contributed by atoms with van der Waals surface area (Å²) in [5, 5.41) is 0. The summed E-state index contributed by atoms with van der Waals surface area (Å²) in [7, 11) is -1.39. The number of hydrogen-bond donors (Lipinski definition) is 0. The van der Waals surface area contributed by atoms with Crippen LogP contribution >= 0.6 is 0 Å². The molecule has 1 aliphatic rings. The predicted octanol–water partition coefficient (Wildman–Crippen LogP) is 4.83. The van der Waals surface area contributed by atoms with Gasteiger partial charge in [0, 0.05) is 0 Å². The minimum atomic E-state index is -1.39. The Kier molecular flexibility index (Phi) is 5.52. The third-order valence-corrected chi connectivity index (χ3v) is 9.40. The van der Waals surface area contributed by atoms with Gasteiger partial charge < -0.3 is 4.43 Å². The van der Waals surface area contributed by atoms with Crippen molar-refractivity contribution in [2.45, 2.75) is 78.1 Å². The van der Waals surface area contributed by atoms with Crippen LogP contribution in [-0.4, -0.2) is 14.4 Å². The maximum absolute atomic E-state index is 6.69. The van der Waals surface area contributed by atoms with Crippen LogP contribution in [0.5, 0.6) is 0 Å². The fourth-order valence-corrected chi connectivity index (χ4v) is 6.21. The molecule has 0 aliphatic heterocycles. The summed E-state index contributed by atoms with van der Waals surface area (Å²) in [5.41, 5.74) is 0. The van der Waals surface area contributed by atoms with Gasteiger partial charge in [-0.05, 0) is 42.8 Å². The van der Waals surface area contributed by atoms with Crippen LogP contribution < -0.4 is 0 Å². The summed E-state index contributed by atoms with van der Waals surface area (Å²) >= 11 is 0. The standard InChI is InChI=1S/C14H30OSi/c1-6-16(7-2,8-3)15-14-12(4)10-9-11-13(14)5/h12-14H,6-11H2,1-5H3. The molecule has 0 N–H and O–H groups in total. The molecule has 0 spiro atoms. The highest BCUT2D eigenvalue weighted by Crippen LogP contribution is 2.35. The second-order valence-corrected chi connectivity index (χ2v) is 10.4. The van der Waals surface area contributed by atoms with Crippen molar-refractivity contribution in [3.8, 4) is 0 Å². The third-order valence-electron chi connectivity index (χ3n) is 4.76. The van der Waals surface area contributed by atoms with Crippen LogP contribution in [0.15, 0.2) is 0 Å². The Hall–Kier alpha value is 0.177. The van der Waals surface area contributed by atoms with E-state index in [0.717, 1.165) is 11.8 Å². The fraction of sp³-hybridized carbons (Fsp3) is 1.00. The molecular weight excluding hydrogens is 212 g/mol. The van der Waals surface area contributed by atoms with Crippen molar-refractivity contribution in [3.05, 3.63) is 0 Å². The summed E-state index contributed by atoms with van der Waals surface area (Å²) in [4.78, 5) is 0. The van der Waals surface area contributed by atoms with E-state index in [1.165, 1.54) is 37.4 Å². The van der Waals surface area contributed by atoms with Crippen molar-refractivity contribution in [1.29, 1.82) is 0 Å². The van der Waals surface area contributed by atoms with E-state index < -0.39 is 8.32 Å². The van der Waals surface area contributed by atoms with Crippen molar-refractivity contribution >= 4 is 8.32 Å². The Morgan fingerprint density at radius 2 is 1.38 bits per heavy atom. The van der Waals surface area contributed by atoms with Gasteiger partial charge in [0.2, 0.25) is 0 Å². The molecule has 2 unspecified atom stereocenters. The van der Waals surface area contributed by atoms with Gasteiger partial charge >= 0.3 is 0 Å². The van der Waals surface area contributed by atoms with Crippen LogP contribution in [0.25, 0.3) is 0 Å². The maximum Gasteiger partial charge on any atom is 0.192 e. The molecule has 1 aliphatic carbocycles. The van der Waals surface area contributed by atoms with Crippen molar-refractivity contribution in [3.63, 3.8) is 0 Å². The van der Waals surface area contributed by atoms with Crippen molar-refractivity contribution < 1.29 is 4.43 Å². The number of rotatable bonds is 5. The number of hydrogen-bond acceptors (Lipinski definition) is 1. The van der Waals surface area contributed by atoms with Gasteiger partial charge in [-0.15, -0.1) is 0 Å². The zero-order valence-corrected chi connectivity index (χ0v) is 12.9. The fourth-order valence-electron chi connectivity index (χ4n) is 3.17. The van der Waals surface area contributed by atoms with Crippen LogP contribution in [-0.2, 0) is 4.43 Å². The molecule has 1 nitrogen and oxygen atoms in total. The minimum absolute atomic E-state index is 0.556. The van der Waals surface area contributed by atoms with Crippen molar-refractivity contribution in [1.82, 2.24) is 0 Å². The first-order valence-electron chi connectivity index (χ1n) is 7.26. The average molecular weight is 242 g/mol. The summed E-state index contributed by atoms with van der Waals surface area (Å²) < 4.78 is 6.69. The molecule has 1 rings (SSSR count). The lowest BCUT2D eigenvalue weighted by molar-refractivity contribution is 0.0454. The van der Waals surface area contributed by atoms with Crippen LogP contribution in [0.2, 0.25) is 18.1 Å². The first kappa shape index (κ1) is 14.2. The normalized spacial score (nSPS) is 31.7. The SMILES string of the molecule is CC[Si](CC)(CC)OC1C(C)CCCC1C. The third kappa shape index (κ3) is 3.10. The highest BCUT2D eigenvalue weighted by Gasteiger charge is 2.37. The molecule has 0 aromatic rings. The Morgan fingerprint density at radius 3 is 1.75 bits per heavy atom. The molecule has 0 amide bonds. The largest absolute Gasteiger partial charge is 0.413 e. The molecular formula is C14H30OSi. The van der Waals surface area contributed by atoms with Gasteiger partial charge in [-0.25, -0.2) is 0 Å². The predicted molar refractivity (Wildman–Crippen MR) is 74.2 cm³/mol. The monoisotopic (exact) mass is 242 g/mol.